The van der Waals surface area contributed by atoms with E-state index in [2.05, 4.69) is 44.8 Å². The fourth-order valence-corrected chi connectivity index (χ4v) is 3.91. The molecule has 0 saturated heterocycles. The second kappa shape index (κ2) is 5.60. The van der Waals surface area contributed by atoms with Crippen molar-refractivity contribution in [2.24, 2.45) is 5.41 Å². The van der Waals surface area contributed by atoms with Crippen LogP contribution in [0.4, 0.5) is 11.6 Å². The number of fused-ring (bicyclic) bond motifs is 2. The van der Waals surface area contributed by atoms with E-state index in [1.165, 1.54) is 0 Å². The smallest absolute Gasteiger partial charge is 0.219 e. The maximum Gasteiger partial charge on any atom is 0.219 e. The van der Waals surface area contributed by atoms with Crippen molar-refractivity contribution >= 4 is 28.5 Å². The topological polar surface area (TPSA) is 106 Å². The third-order valence-corrected chi connectivity index (χ3v) is 5.07. The van der Waals surface area contributed by atoms with Gasteiger partial charge in [-0.05, 0) is 39.8 Å². The zero-order valence-corrected chi connectivity index (χ0v) is 15.0. The lowest BCUT2D eigenvalue weighted by molar-refractivity contribution is -0.118. The van der Waals surface area contributed by atoms with Gasteiger partial charge in [0.25, 0.3) is 0 Å². The number of benzene rings is 1. The molecule has 1 aliphatic heterocycles. The van der Waals surface area contributed by atoms with E-state index in [-0.39, 0.29) is 17.2 Å². The van der Waals surface area contributed by atoms with Gasteiger partial charge in [-0.25, -0.2) is 4.63 Å². The molecule has 3 heterocycles. The summed E-state index contributed by atoms with van der Waals surface area (Å²) < 4.78 is 4.88. The summed E-state index contributed by atoms with van der Waals surface area (Å²) in [7, 11) is 0. The summed E-state index contributed by atoms with van der Waals surface area (Å²) in [5, 5.41) is 14.5. The highest BCUT2D eigenvalue weighted by atomic mass is 16.6. The van der Waals surface area contributed by atoms with Crippen LogP contribution in [0.1, 0.15) is 38.3 Å². The molecular formula is C19H18N6O2. The minimum atomic E-state index is -0.365. The zero-order chi connectivity index (χ0) is 18.6. The van der Waals surface area contributed by atoms with Crippen molar-refractivity contribution in [1.29, 1.82) is 0 Å². The fraction of sp³-hybridized carbons (Fsp3) is 0.316. The Labute approximate surface area is 155 Å². The van der Waals surface area contributed by atoms with Gasteiger partial charge in [0, 0.05) is 30.1 Å². The van der Waals surface area contributed by atoms with Gasteiger partial charge in [0.2, 0.25) is 11.6 Å². The monoisotopic (exact) mass is 362 g/mol. The molecule has 8 nitrogen and oxygen atoms in total. The van der Waals surface area contributed by atoms with Crippen molar-refractivity contribution in [3.8, 4) is 0 Å². The summed E-state index contributed by atoms with van der Waals surface area (Å²) in [5.74, 6) is 1.10. The van der Waals surface area contributed by atoms with E-state index in [4.69, 9.17) is 4.63 Å². The lowest BCUT2D eigenvalue weighted by Gasteiger charge is -2.34. The molecule has 1 aliphatic carbocycles. The Bertz CT molecular complexity index is 1100. The van der Waals surface area contributed by atoms with Gasteiger partial charge in [0.05, 0.1) is 17.1 Å². The van der Waals surface area contributed by atoms with Gasteiger partial charge < -0.3 is 10.6 Å². The molecule has 0 bridgehead atoms. The summed E-state index contributed by atoms with van der Waals surface area (Å²) in [4.78, 5) is 21.8. The first-order chi connectivity index (χ1) is 13.0. The van der Waals surface area contributed by atoms with E-state index in [0.29, 0.717) is 18.1 Å². The lowest BCUT2D eigenvalue weighted by Crippen LogP contribution is -2.31. The number of carbonyl (C=O) groups is 1. The van der Waals surface area contributed by atoms with Gasteiger partial charge in [-0.3, -0.25) is 14.8 Å². The molecule has 2 aromatic heterocycles. The highest BCUT2D eigenvalue weighted by molar-refractivity contribution is 6.00. The van der Waals surface area contributed by atoms with Crippen molar-refractivity contribution in [1.82, 2.24) is 20.3 Å². The van der Waals surface area contributed by atoms with Crippen LogP contribution >= 0.6 is 0 Å². The molecule has 1 atom stereocenters. The van der Waals surface area contributed by atoms with Crippen LogP contribution in [-0.4, -0.2) is 26.1 Å². The molecule has 0 unspecified atom stereocenters. The van der Waals surface area contributed by atoms with Gasteiger partial charge >= 0.3 is 0 Å². The number of nitrogens with one attached hydrogen (secondary N) is 2. The molecule has 2 N–H and O–H groups in total. The Morgan fingerprint density at radius 3 is 2.70 bits per heavy atom. The van der Waals surface area contributed by atoms with E-state index in [1.54, 1.807) is 12.4 Å². The van der Waals surface area contributed by atoms with Crippen molar-refractivity contribution in [2.45, 2.75) is 32.7 Å². The molecule has 3 aromatic rings. The molecule has 0 saturated carbocycles. The Morgan fingerprint density at radius 2 is 1.85 bits per heavy atom. The van der Waals surface area contributed by atoms with Crippen molar-refractivity contribution in [2.75, 3.05) is 10.6 Å². The molecule has 8 heteroatoms. The minimum Gasteiger partial charge on any atom is -0.353 e. The first-order valence-electron chi connectivity index (χ1n) is 8.83. The number of hydrogen-bond acceptors (Lipinski definition) is 8. The summed E-state index contributed by atoms with van der Waals surface area (Å²) in [6, 6.07) is 5.47. The van der Waals surface area contributed by atoms with Crippen LogP contribution in [0.3, 0.4) is 0 Å². The summed E-state index contributed by atoms with van der Waals surface area (Å²) in [5.41, 5.74) is 3.96. The number of anilines is 2. The quantitative estimate of drug-likeness (QED) is 0.680. The third-order valence-electron chi connectivity index (χ3n) is 5.07. The maximum atomic E-state index is 13.1. The highest BCUT2D eigenvalue weighted by Crippen LogP contribution is 2.44. The first-order valence-corrected chi connectivity index (χ1v) is 8.83. The number of Topliss-reactive ketones (excluding diaryl/α,β-unsaturated/α-hetero) is 1. The van der Waals surface area contributed by atoms with Gasteiger partial charge in [0.15, 0.2) is 5.78 Å². The summed E-state index contributed by atoms with van der Waals surface area (Å²) in [6.45, 7) is 4.19. The van der Waals surface area contributed by atoms with Crippen molar-refractivity contribution < 1.29 is 9.42 Å². The normalized spacial score (nSPS) is 21.1. The molecule has 27 heavy (non-hydrogen) atoms. The van der Waals surface area contributed by atoms with Crippen LogP contribution in [0.25, 0.3) is 11.0 Å². The van der Waals surface area contributed by atoms with Crippen LogP contribution in [-0.2, 0) is 4.79 Å². The molecule has 0 spiro atoms. The average molecular weight is 362 g/mol. The number of carbonyl (C=O) groups excluding carboxylic acids is 1. The summed E-state index contributed by atoms with van der Waals surface area (Å²) >= 11 is 0. The number of hydrogen-bond donors (Lipinski definition) is 2. The Hall–Kier alpha value is -3.29. The number of allylic oxidation sites excluding steroid dienone is 1. The Kier molecular flexibility index (Phi) is 3.30. The van der Waals surface area contributed by atoms with Crippen molar-refractivity contribution in [3.63, 3.8) is 0 Å². The molecule has 136 valence electrons. The molecule has 5 rings (SSSR count). The van der Waals surface area contributed by atoms with E-state index in [9.17, 15) is 4.79 Å². The number of aromatic nitrogens is 4. The van der Waals surface area contributed by atoms with Crippen LogP contribution in [0.5, 0.6) is 0 Å². The Balaban J connectivity index is 1.69. The third kappa shape index (κ3) is 2.64. The van der Waals surface area contributed by atoms with Gasteiger partial charge in [-0.15, -0.1) is 0 Å². The van der Waals surface area contributed by atoms with Gasteiger partial charge in [0.1, 0.15) is 0 Å². The van der Waals surface area contributed by atoms with Crippen molar-refractivity contribution in [3.05, 3.63) is 47.4 Å². The second-order valence-electron chi connectivity index (χ2n) is 7.80. The lowest BCUT2D eigenvalue weighted by atomic mass is 9.73. The van der Waals surface area contributed by atoms with Crippen LogP contribution in [0.2, 0.25) is 0 Å². The zero-order valence-electron chi connectivity index (χ0n) is 15.0. The number of rotatable bonds is 1. The maximum absolute atomic E-state index is 13.1. The SMILES string of the molecule is CC1(C)CC(=O)C2=C(C1)Nc1nonc1N[C@@H]2c1ccc2nccnc2c1. The predicted octanol–water partition coefficient (Wildman–Crippen LogP) is 3.23. The van der Waals surface area contributed by atoms with Crippen LogP contribution < -0.4 is 10.6 Å². The molecule has 2 aliphatic rings. The number of ketones is 1. The van der Waals surface area contributed by atoms with E-state index in [1.807, 2.05) is 18.2 Å². The standard InChI is InChI=1S/C19H18N6O2/c1-19(2)8-13-15(14(26)9-19)16(23-18-17(22-13)24-27-25-18)10-3-4-11-12(7-10)21-6-5-20-11/h3-7,16H,8-9H2,1-2H3,(H,22,24)(H,23,25)/t16-/m1/s1. The largest absolute Gasteiger partial charge is 0.353 e. The average Bonchev–Trinajstić information content (AvgIpc) is 2.99. The molecule has 0 fully saturated rings. The number of nitrogens with zero attached hydrogens (tertiary/aromatic N) is 4. The Morgan fingerprint density at radius 1 is 1.07 bits per heavy atom. The summed E-state index contributed by atoms with van der Waals surface area (Å²) in [6.07, 6.45) is 4.56. The van der Waals surface area contributed by atoms with Crippen LogP contribution in [0, 0.1) is 5.41 Å². The fourth-order valence-electron chi connectivity index (χ4n) is 3.91. The van der Waals surface area contributed by atoms with E-state index >= 15 is 0 Å². The molecular weight excluding hydrogens is 344 g/mol. The van der Waals surface area contributed by atoms with Crippen LogP contribution in [0.15, 0.2) is 46.5 Å². The molecule has 1 aromatic carbocycles. The second-order valence-corrected chi connectivity index (χ2v) is 7.80. The highest BCUT2D eigenvalue weighted by Gasteiger charge is 2.39. The predicted molar refractivity (Wildman–Crippen MR) is 98.9 cm³/mol. The molecule has 0 amide bonds. The minimum absolute atomic E-state index is 0.118. The van der Waals surface area contributed by atoms with E-state index in [0.717, 1.165) is 34.3 Å². The van der Waals surface area contributed by atoms with Gasteiger partial charge in [-0.1, -0.05) is 19.9 Å². The first kappa shape index (κ1) is 15.9. The molecule has 0 radical (unpaired) electrons. The van der Waals surface area contributed by atoms with Gasteiger partial charge in [-0.2, -0.15) is 0 Å². The van der Waals surface area contributed by atoms with E-state index < -0.39 is 0 Å².